The molecule has 0 spiro atoms. The van der Waals surface area contributed by atoms with E-state index >= 15 is 0 Å². The lowest BCUT2D eigenvalue weighted by atomic mass is 9.98. The first kappa shape index (κ1) is 21.7. The van der Waals surface area contributed by atoms with E-state index in [4.69, 9.17) is 10.00 Å². The smallest absolute Gasteiger partial charge is 0.411 e. The topological polar surface area (TPSA) is 94.0 Å². The third-order valence-corrected chi connectivity index (χ3v) is 4.44. The number of carbonyl (C=O) groups excluding carboxylic acids is 3. The van der Waals surface area contributed by atoms with Gasteiger partial charge in [-0.2, -0.15) is 5.26 Å². The minimum absolute atomic E-state index is 0.0608. The van der Waals surface area contributed by atoms with Gasteiger partial charge in [0.15, 0.2) is 0 Å². The van der Waals surface area contributed by atoms with Gasteiger partial charge >= 0.3 is 6.09 Å². The number of nitriles is 1. The lowest BCUT2D eigenvalue weighted by molar-refractivity contribution is -0.135. The molecule has 0 aliphatic carbocycles. The predicted molar refractivity (Wildman–Crippen MR) is 96.0 cm³/mol. The zero-order valence-corrected chi connectivity index (χ0v) is 16.8. The molecule has 0 radical (unpaired) electrons. The molecule has 8 nitrogen and oxygen atoms in total. The molecule has 0 saturated carbocycles. The largest absolute Gasteiger partial charge is 0.444 e. The van der Waals surface area contributed by atoms with Crippen molar-refractivity contribution >= 4 is 17.9 Å². The Labute approximate surface area is 155 Å². The fourth-order valence-corrected chi connectivity index (χ4v) is 3.14. The van der Waals surface area contributed by atoms with Crippen LogP contribution >= 0.6 is 0 Å². The second kappa shape index (κ2) is 8.39. The van der Waals surface area contributed by atoms with Crippen LogP contribution in [0.4, 0.5) is 4.79 Å². The van der Waals surface area contributed by atoms with Crippen LogP contribution in [-0.4, -0.2) is 77.5 Å². The number of carbonyl (C=O) groups is 3. The number of likely N-dealkylation sites (tertiary alicyclic amines) is 1. The van der Waals surface area contributed by atoms with Crippen LogP contribution < -0.4 is 0 Å². The number of likely N-dealkylation sites (N-methyl/N-ethyl adjacent to an activating group) is 1. The molecule has 1 fully saturated rings. The van der Waals surface area contributed by atoms with Crippen LogP contribution in [0.2, 0.25) is 0 Å². The zero-order chi connectivity index (χ0) is 20.2. The Bertz CT molecular complexity index is 591. The number of rotatable bonds is 4. The lowest BCUT2D eigenvalue weighted by Gasteiger charge is -2.33. The number of nitrogens with zero attached hydrogens (tertiary/aromatic N) is 4. The highest BCUT2D eigenvalue weighted by Gasteiger charge is 2.50. The third-order valence-electron chi connectivity index (χ3n) is 4.44. The summed E-state index contributed by atoms with van der Waals surface area (Å²) in [6.07, 6.45) is -0.400. The Morgan fingerprint density at radius 2 is 1.81 bits per heavy atom. The van der Waals surface area contributed by atoms with Crippen LogP contribution in [0.5, 0.6) is 0 Å². The Balaban J connectivity index is 3.20. The molecule has 1 aliphatic heterocycles. The van der Waals surface area contributed by atoms with Crippen molar-refractivity contribution in [2.24, 2.45) is 5.92 Å². The summed E-state index contributed by atoms with van der Waals surface area (Å²) in [5.74, 6) is -0.960. The van der Waals surface area contributed by atoms with Crippen molar-refractivity contribution in [2.45, 2.75) is 58.7 Å². The van der Waals surface area contributed by atoms with Gasteiger partial charge in [0.25, 0.3) is 0 Å². The number of amides is 3. The Kier molecular flexibility index (Phi) is 7.01. The fourth-order valence-electron chi connectivity index (χ4n) is 3.14. The average molecular weight is 366 g/mol. The van der Waals surface area contributed by atoms with E-state index in [2.05, 4.69) is 0 Å². The minimum atomic E-state index is -0.818. The summed E-state index contributed by atoms with van der Waals surface area (Å²) in [5, 5.41) is 8.94. The number of hydrogen-bond donors (Lipinski definition) is 0. The van der Waals surface area contributed by atoms with E-state index in [1.54, 1.807) is 48.7 Å². The Morgan fingerprint density at radius 1 is 1.23 bits per heavy atom. The van der Waals surface area contributed by atoms with E-state index in [1.165, 1.54) is 14.7 Å². The maximum Gasteiger partial charge on any atom is 0.411 e. The van der Waals surface area contributed by atoms with Gasteiger partial charge in [-0.05, 0) is 41.0 Å². The highest BCUT2D eigenvalue weighted by Crippen LogP contribution is 2.33. The van der Waals surface area contributed by atoms with Crippen molar-refractivity contribution in [3.8, 4) is 6.07 Å². The summed E-state index contributed by atoms with van der Waals surface area (Å²) in [4.78, 5) is 42.4. The molecule has 1 heterocycles. The highest BCUT2D eigenvalue weighted by atomic mass is 16.6. The van der Waals surface area contributed by atoms with Gasteiger partial charge in [0.05, 0.1) is 12.0 Å². The summed E-state index contributed by atoms with van der Waals surface area (Å²) >= 11 is 0. The van der Waals surface area contributed by atoms with Gasteiger partial charge in [0, 0.05) is 26.7 Å². The molecule has 1 rings (SSSR count). The second-order valence-corrected chi connectivity index (χ2v) is 7.73. The molecule has 8 heteroatoms. The Hall–Kier alpha value is -2.30. The SMILES string of the molecule is CCN(CC#N)C(=O)[C@@H]1C[C@H](C(=O)N(C)C)[C@H](C)N1C(=O)OC(C)(C)C. The van der Waals surface area contributed by atoms with Crippen LogP contribution in [0.3, 0.4) is 0 Å². The molecule has 146 valence electrons. The predicted octanol–water partition coefficient (Wildman–Crippen LogP) is 1.46. The Morgan fingerprint density at radius 3 is 2.23 bits per heavy atom. The summed E-state index contributed by atoms with van der Waals surface area (Å²) in [5.41, 5.74) is -0.717. The summed E-state index contributed by atoms with van der Waals surface area (Å²) < 4.78 is 5.46. The monoisotopic (exact) mass is 366 g/mol. The fraction of sp³-hybridized carbons (Fsp3) is 0.778. The minimum Gasteiger partial charge on any atom is -0.444 e. The van der Waals surface area contributed by atoms with Crippen molar-refractivity contribution in [2.75, 3.05) is 27.2 Å². The van der Waals surface area contributed by atoms with E-state index in [-0.39, 0.29) is 24.8 Å². The molecule has 0 N–H and O–H groups in total. The van der Waals surface area contributed by atoms with Crippen LogP contribution in [-0.2, 0) is 14.3 Å². The van der Waals surface area contributed by atoms with Crippen molar-refractivity contribution in [1.29, 1.82) is 5.26 Å². The average Bonchev–Trinajstić information content (AvgIpc) is 2.86. The van der Waals surface area contributed by atoms with Crippen LogP contribution in [0.25, 0.3) is 0 Å². The van der Waals surface area contributed by atoms with Crippen molar-refractivity contribution in [3.63, 3.8) is 0 Å². The summed E-state index contributed by atoms with van der Waals surface area (Å²) in [6, 6.07) is 0.669. The van der Waals surface area contributed by atoms with Gasteiger partial charge in [0.2, 0.25) is 11.8 Å². The molecule has 26 heavy (non-hydrogen) atoms. The first-order valence-electron chi connectivity index (χ1n) is 8.82. The van der Waals surface area contributed by atoms with Crippen molar-refractivity contribution in [3.05, 3.63) is 0 Å². The standard InChI is InChI=1S/C18H30N4O4/c1-8-21(10-9-19)16(24)14-11-13(15(23)20(6)7)12(2)22(14)17(25)26-18(3,4)5/h12-14H,8,10-11H2,1-7H3/t12-,13-,14-/m0/s1. The molecular weight excluding hydrogens is 336 g/mol. The molecule has 0 aromatic carbocycles. The second-order valence-electron chi connectivity index (χ2n) is 7.73. The lowest BCUT2D eigenvalue weighted by Crippen LogP contribution is -2.51. The van der Waals surface area contributed by atoms with E-state index in [1.807, 2.05) is 6.07 Å². The molecule has 0 aromatic rings. The highest BCUT2D eigenvalue weighted by molar-refractivity contribution is 5.90. The molecule has 1 saturated heterocycles. The van der Waals surface area contributed by atoms with E-state index < -0.39 is 29.7 Å². The summed E-state index contributed by atoms with van der Waals surface area (Å²) in [7, 11) is 3.30. The zero-order valence-electron chi connectivity index (χ0n) is 16.8. The normalized spacial score (nSPS) is 22.5. The first-order chi connectivity index (χ1) is 11.9. The van der Waals surface area contributed by atoms with Gasteiger partial charge in [-0.1, -0.05) is 0 Å². The van der Waals surface area contributed by atoms with E-state index in [9.17, 15) is 14.4 Å². The van der Waals surface area contributed by atoms with Crippen LogP contribution in [0.1, 0.15) is 41.0 Å². The van der Waals surface area contributed by atoms with Gasteiger partial charge in [0.1, 0.15) is 18.2 Å². The molecular formula is C18H30N4O4. The van der Waals surface area contributed by atoms with Gasteiger partial charge in [-0.25, -0.2) is 4.79 Å². The molecule has 3 atom stereocenters. The molecule has 0 bridgehead atoms. The van der Waals surface area contributed by atoms with Gasteiger partial charge in [-0.3, -0.25) is 14.5 Å². The molecule has 0 unspecified atom stereocenters. The quantitative estimate of drug-likeness (QED) is 0.702. The molecule has 1 aliphatic rings. The maximum absolute atomic E-state index is 12.9. The number of hydrogen-bond acceptors (Lipinski definition) is 5. The van der Waals surface area contributed by atoms with Crippen LogP contribution in [0.15, 0.2) is 0 Å². The van der Waals surface area contributed by atoms with Crippen LogP contribution in [0, 0.1) is 17.2 Å². The maximum atomic E-state index is 12.9. The summed E-state index contributed by atoms with van der Waals surface area (Å²) in [6.45, 7) is 9.06. The number of ether oxygens (including phenoxy) is 1. The van der Waals surface area contributed by atoms with E-state index in [0.717, 1.165) is 0 Å². The third kappa shape index (κ3) is 4.87. The first-order valence-corrected chi connectivity index (χ1v) is 8.82. The van der Waals surface area contributed by atoms with Gasteiger partial charge in [-0.15, -0.1) is 0 Å². The van der Waals surface area contributed by atoms with E-state index in [0.29, 0.717) is 6.54 Å². The molecule has 3 amide bonds. The van der Waals surface area contributed by atoms with Crippen molar-refractivity contribution < 1.29 is 19.1 Å². The van der Waals surface area contributed by atoms with Gasteiger partial charge < -0.3 is 14.5 Å². The van der Waals surface area contributed by atoms with Crippen molar-refractivity contribution in [1.82, 2.24) is 14.7 Å². The molecule has 0 aromatic heterocycles.